The van der Waals surface area contributed by atoms with Gasteiger partial charge in [0.1, 0.15) is 5.54 Å². The molecule has 0 rings (SSSR count). The zero-order valence-electron chi connectivity index (χ0n) is 7.13. The number of nitrogens with two attached hydrogens (primary N) is 1. The first kappa shape index (κ1) is 10.8. The molecule has 0 radical (unpaired) electrons. The average molecular weight is 177 g/mol. The Balaban J connectivity index is 4.38. The van der Waals surface area contributed by atoms with E-state index < -0.39 is 11.5 Å². The first-order valence-electron chi connectivity index (χ1n) is 3.46. The third-order valence-corrected chi connectivity index (χ3v) is 2.58. The molecule has 0 aliphatic heterocycles. The Morgan fingerprint density at radius 1 is 1.73 bits per heavy atom. The molecule has 3 nitrogen and oxygen atoms in total. The average Bonchev–Trinajstić information content (AvgIpc) is 1.87. The molecule has 3 N–H and O–H groups in total. The molecular formula is C7H15NO2S. The lowest BCUT2D eigenvalue weighted by Crippen LogP contribution is -2.54. The number of carboxylic acid groups (broad SMARTS) is 1. The Hall–Kier alpha value is -0.220. The van der Waals surface area contributed by atoms with Crippen molar-refractivity contribution in [3.63, 3.8) is 0 Å². The third-order valence-electron chi connectivity index (χ3n) is 1.81. The number of hydrogen-bond donors (Lipinski definition) is 2. The van der Waals surface area contributed by atoms with Gasteiger partial charge in [0.05, 0.1) is 0 Å². The highest BCUT2D eigenvalue weighted by Crippen LogP contribution is 2.18. The molecule has 1 unspecified atom stereocenters. The summed E-state index contributed by atoms with van der Waals surface area (Å²) in [5.41, 5.74) is 4.60. The van der Waals surface area contributed by atoms with Gasteiger partial charge < -0.3 is 10.8 Å². The minimum atomic E-state index is -1.07. The molecule has 0 aliphatic rings. The van der Waals surface area contributed by atoms with Gasteiger partial charge in [-0.15, -0.1) is 0 Å². The van der Waals surface area contributed by atoms with E-state index in [0.29, 0.717) is 5.75 Å². The second-order valence-electron chi connectivity index (χ2n) is 2.93. The quantitative estimate of drug-likeness (QED) is 0.666. The van der Waals surface area contributed by atoms with Crippen LogP contribution in [0.3, 0.4) is 0 Å². The van der Waals surface area contributed by atoms with Crippen LogP contribution >= 0.6 is 11.8 Å². The summed E-state index contributed by atoms with van der Waals surface area (Å²) in [5.74, 6) is -0.491. The maximum atomic E-state index is 10.7. The van der Waals surface area contributed by atoms with Crippen molar-refractivity contribution >= 4 is 17.7 Å². The highest BCUT2D eigenvalue weighted by Gasteiger charge is 2.36. The molecule has 0 aromatic heterocycles. The smallest absolute Gasteiger partial charge is 0.324 e. The standard InChI is InChI=1S/C7H15NO2S/c1-5(2)7(8,4-11-3)6(9)10/h5H,4,8H2,1-3H3,(H,9,10). The van der Waals surface area contributed by atoms with Crippen LogP contribution in [-0.2, 0) is 4.79 Å². The molecule has 0 saturated heterocycles. The maximum absolute atomic E-state index is 10.7. The van der Waals surface area contributed by atoms with E-state index in [4.69, 9.17) is 10.8 Å². The van der Waals surface area contributed by atoms with Crippen molar-refractivity contribution in [3.05, 3.63) is 0 Å². The second kappa shape index (κ2) is 3.97. The van der Waals surface area contributed by atoms with Crippen LogP contribution in [0.15, 0.2) is 0 Å². The highest BCUT2D eigenvalue weighted by molar-refractivity contribution is 7.98. The topological polar surface area (TPSA) is 63.3 Å². The van der Waals surface area contributed by atoms with E-state index in [1.807, 2.05) is 20.1 Å². The molecule has 0 aliphatic carbocycles. The van der Waals surface area contributed by atoms with Crippen molar-refractivity contribution in [2.45, 2.75) is 19.4 Å². The number of rotatable bonds is 4. The van der Waals surface area contributed by atoms with Crippen LogP contribution in [0.1, 0.15) is 13.8 Å². The lowest BCUT2D eigenvalue weighted by atomic mass is 9.90. The lowest BCUT2D eigenvalue weighted by Gasteiger charge is -2.27. The zero-order valence-corrected chi connectivity index (χ0v) is 7.94. The molecule has 0 aromatic rings. The molecule has 0 amide bonds. The van der Waals surface area contributed by atoms with Gasteiger partial charge >= 0.3 is 5.97 Å². The van der Waals surface area contributed by atoms with Gasteiger partial charge in [-0.25, -0.2) is 0 Å². The van der Waals surface area contributed by atoms with Crippen molar-refractivity contribution in [2.24, 2.45) is 11.7 Å². The van der Waals surface area contributed by atoms with Crippen LogP contribution in [0.25, 0.3) is 0 Å². The van der Waals surface area contributed by atoms with E-state index in [0.717, 1.165) is 0 Å². The first-order valence-corrected chi connectivity index (χ1v) is 4.85. The summed E-state index contributed by atoms with van der Waals surface area (Å²) >= 11 is 1.46. The SMILES string of the molecule is CSCC(N)(C(=O)O)C(C)C. The van der Waals surface area contributed by atoms with Crippen molar-refractivity contribution in [2.75, 3.05) is 12.0 Å². The molecule has 0 bridgehead atoms. The summed E-state index contributed by atoms with van der Waals surface area (Å²) in [6.07, 6.45) is 1.85. The Bertz CT molecular complexity index is 149. The summed E-state index contributed by atoms with van der Waals surface area (Å²) in [4.78, 5) is 10.7. The van der Waals surface area contributed by atoms with Gasteiger partial charge in [0.25, 0.3) is 0 Å². The van der Waals surface area contributed by atoms with Crippen LogP contribution in [0.4, 0.5) is 0 Å². The predicted molar refractivity (Wildman–Crippen MR) is 47.8 cm³/mol. The van der Waals surface area contributed by atoms with E-state index >= 15 is 0 Å². The van der Waals surface area contributed by atoms with Crippen molar-refractivity contribution in [1.82, 2.24) is 0 Å². The number of aliphatic carboxylic acids is 1. The van der Waals surface area contributed by atoms with Gasteiger partial charge in [0, 0.05) is 5.75 Å². The fraction of sp³-hybridized carbons (Fsp3) is 0.857. The van der Waals surface area contributed by atoms with Crippen molar-refractivity contribution in [1.29, 1.82) is 0 Å². The van der Waals surface area contributed by atoms with Crippen LogP contribution in [-0.4, -0.2) is 28.6 Å². The number of hydrogen-bond acceptors (Lipinski definition) is 3. The van der Waals surface area contributed by atoms with E-state index in [2.05, 4.69) is 0 Å². The van der Waals surface area contributed by atoms with Crippen molar-refractivity contribution in [3.8, 4) is 0 Å². The van der Waals surface area contributed by atoms with Crippen molar-refractivity contribution < 1.29 is 9.90 Å². The van der Waals surface area contributed by atoms with Crippen LogP contribution in [0.2, 0.25) is 0 Å². The first-order chi connectivity index (χ1) is 4.95. The second-order valence-corrected chi connectivity index (χ2v) is 3.80. The van der Waals surface area contributed by atoms with E-state index in [1.165, 1.54) is 11.8 Å². The fourth-order valence-corrected chi connectivity index (χ4v) is 1.65. The Kier molecular flexibility index (Phi) is 3.89. The minimum absolute atomic E-state index is 0.0348. The number of carbonyl (C=O) groups is 1. The van der Waals surface area contributed by atoms with Gasteiger partial charge in [0.15, 0.2) is 0 Å². The molecule has 0 heterocycles. The molecular weight excluding hydrogens is 162 g/mol. The monoisotopic (exact) mass is 177 g/mol. The molecule has 0 fully saturated rings. The fourth-order valence-electron chi connectivity index (χ4n) is 0.714. The summed E-state index contributed by atoms with van der Waals surface area (Å²) in [7, 11) is 0. The highest BCUT2D eigenvalue weighted by atomic mass is 32.2. The minimum Gasteiger partial charge on any atom is -0.480 e. The number of carboxylic acids is 1. The van der Waals surface area contributed by atoms with Crippen LogP contribution in [0.5, 0.6) is 0 Å². The summed E-state index contributed by atoms with van der Waals surface area (Å²) in [6.45, 7) is 3.65. The van der Waals surface area contributed by atoms with E-state index in [9.17, 15) is 4.79 Å². The zero-order chi connectivity index (χ0) is 9.07. The van der Waals surface area contributed by atoms with Gasteiger partial charge in [-0.1, -0.05) is 13.8 Å². The summed E-state index contributed by atoms with van der Waals surface area (Å²) < 4.78 is 0. The van der Waals surface area contributed by atoms with Gasteiger partial charge in [-0.3, -0.25) is 4.79 Å². The Labute approximate surface area is 71.3 Å². The molecule has 0 spiro atoms. The molecule has 11 heavy (non-hydrogen) atoms. The summed E-state index contributed by atoms with van der Waals surface area (Å²) in [5, 5.41) is 8.80. The Morgan fingerprint density at radius 3 is 2.27 bits per heavy atom. The Morgan fingerprint density at radius 2 is 2.18 bits per heavy atom. The van der Waals surface area contributed by atoms with E-state index in [1.54, 1.807) is 0 Å². The molecule has 1 atom stereocenters. The molecule has 66 valence electrons. The largest absolute Gasteiger partial charge is 0.480 e. The summed E-state index contributed by atoms with van der Waals surface area (Å²) in [6, 6.07) is 0. The van der Waals surface area contributed by atoms with Gasteiger partial charge in [-0.05, 0) is 12.2 Å². The normalized spacial score (nSPS) is 16.5. The molecule has 4 heteroatoms. The molecule has 0 saturated carbocycles. The third kappa shape index (κ3) is 2.38. The van der Waals surface area contributed by atoms with Gasteiger partial charge in [0.2, 0.25) is 0 Å². The van der Waals surface area contributed by atoms with Crippen LogP contribution in [0, 0.1) is 5.92 Å². The van der Waals surface area contributed by atoms with Crippen LogP contribution < -0.4 is 5.73 Å². The molecule has 0 aromatic carbocycles. The van der Waals surface area contributed by atoms with Gasteiger partial charge in [-0.2, -0.15) is 11.8 Å². The lowest BCUT2D eigenvalue weighted by molar-refractivity contribution is -0.144. The maximum Gasteiger partial charge on any atom is 0.324 e. The number of thioether (sulfide) groups is 1. The van der Waals surface area contributed by atoms with E-state index in [-0.39, 0.29) is 5.92 Å². The predicted octanol–water partition coefficient (Wildman–Crippen LogP) is 0.787.